The predicted octanol–water partition coefficient (Wildman–Crippen LogP) is 4.77. The molecule has 2 aromatic rings. The number of carbonyl (C=O) groups excluding carboxylic acids is 1. The Labute approximate surface area is 135 Å². The molecule has 1 N–H and O–H groups in total. The zero-order valence-electron chi connectivity index (χ0n) is 10.1. The van der Waals surface area contributed by atoms with E-state index in [2.05, 4.69) is 10.3 Å². The van der Waals surface area contributed by atoms with Gasteiger partial charge in [0.15, 0.2) is 0 Å². The summed E-state index contributed by atoms with van der Waals surface area (Å²) in [5.74, 6) is -0.00137. The van der Waals surface area contributed by atoms with E-state index in [4.69, 9.17) is 34.8 Å². The number of nitrogens with one attached hydrogen (secondary N) is 1. The first-order valence-electron chi connectivity index (χ1n) is 5.54. The van der Waals surface area contributed by atoms with Gasteiger partial charge in [-0.15, -0.1) is 0 Å². The fourth-order valence-corrected chi connectivity index (χ4v) is 2.98. The lowest BCUT2D eigenvalue weighted by Crippen LogP contribution is -2.14. The molecule has 0 spiro atoms. The molecule has 1 amide bonds. The first-order chi connectivity index (χ1) is 9.56. The fourth-order valence-electron chi connectivity index (χ4n) is 1.41. The lowest BCUT2D eigenvalue weighted by Gasteiger charge is -2.09. The molecule has 3 nitrogen and oxygen atoms in total. The Morgan fingerprint density at radius 2 is 1.90 bits per heavy atom. The molecule has 1 heterocycles. The molecule has 7 heteroatoms. The number of aromatic nitrogens is 1. The minimum absolute atomic E-state index is 0.215. The van der Waals surface area contributed by atoms with Gasteiger partial charge in [0.1, 0.15) is 0 Å². The summed E-state index contributed by atoms with van der Waals surface area (Å²) < 4.78 is 0. The molecule has 20 heavy (non-hydrogen) atoms. The average molecular weight is 348 g/mol. The van der Waals surface area contributed by atoms with Gasteiger partial charge in [-0.2, -0.15) is 0 Å². The van der Waals surface area contributed by atoms with Crippen LogP contribution in [0.3, 0.4) is 0 Å². The standard InChI is InChI=1S/C13H9Cl3N2OS/c14-8-5-9(15)13(10(16)6-8)18-11(19)7-20-12-3-1-2-4-17-12/h1-6H,7H2,(H,18,19). The summed E-state index contributed by atoms with van der Waals surface area (Å²) in [6, 6.07) is 8.56. The number of carbonyl (C=O) groups is 1. The highest BCUT2D eigenvalue weighted by atomic mass is 35.5. The van der Waals surface area contributed by atoms with E-state index in [1.807, 2.05) is 18.2 Å². The van der Waals surface area contributed by atoms with Crippen LogP contribution < -0.4 is 5.32 Å². The molecule has 0 unspecified atom stereocenters. The monoisotopic (exact) mass is 346 g/mol. The maximum Gasteiger partial charge on any atom is 0.234 e. The van der Waals surface area contributed by atoms with Gasteiger partial charge in [0.2, 0.25) is 5.91 Å². The maximum atomic E-state index is 11.9. The van der Waals surface area contributed by atoms with E-state index in [1.54, 1.807) is 6.20 Å². The highest BCUT2D eigenvalue weighted by Crippen LogP contribution is 2.33. The number of halogens is 3. The molecule has 2 rings (SSSR count). The Morgan fingerprint density at radius 3 is 2.50 bits per heavy atom. The summed E-state index contributed by atoms with van der Waals surface area (Å²) in [5.41, 5.74) is 0.365. The Kier molecular flexibility index (Phi) is 5.54. The number of amides is 1. The molecule has 0 aliphatic heterocycles. The molecular formula is C13H9Cl3N2OS. The lowest BCUT2D eigenvalue weighted by atomic mass is 10.3. The zero-order chi connectivity index (χ0) is 14.5. The van der Waals surface area contributed by atoms with Crippen LogP contribution in [0.1, 0.15) is 0 Å². The number of benzene rings is 1. The van der Waals surface area contributed by atoms with Crippen molar-refractivity contribution in [3.8, 4) is 0 Å². The van der Waals surface area contributed by atoms with Crippen molar-refractivity contribution in [3.63, 3.8) is 0 Å². The second-order valence-corrected chi connectivity index (χ2v) is 6.00. The third kappa shape index (κ3) is 4.28. The van der Waals surface area contributed by atoms with Crippen LogP contribution >= 0.6 is 46.6 Å². The third-order valence-electron chi connectivity index (χ3n) is 2.26. The van der Waals surface area contributed by atoms with Crippen molar-refractivity contribution in [2.24, 2.45) is 0 Å². The van der Waals surface area contributed by atoms with Crippen LogP contribution in [0.4, 0.5) is 5.69 Å². The summed E-state index contributed by atoms with van der Waals surface area (Å²) in [5, 5.41) is 4.47. The molecule has 0 saturated heterocycles. The molecular weight excluding hydrogens is 339 g/mol. The number of rotatable bonds is 4. The van der Waals surface area contributed by atoms with Gasteiger partial charge in [-0.1, -0.05) is 52.6 Å². The van der Waals surface area contributed by atoms with Crippen LogP contribution in [0.2, 0.25) is 15.1 Å². The van der Waals surface area contributed by atoms with E-state index in [0.717, 1.165) is 5.03 Å². The second-order valence-electron chi connectivity index (χ2n) is 3.75. The number of hydrogen-bond donors (Lipinski definition) is 1. The van der Waals surface area contributed by atoms with E-state index in [9.17, 15) is 4.79 Å². The summed E-state index contributed by atoms with van der Waals surface area (Å²) in [7, 11) is 0. The first-order valence-corrected chi connectivity index (χ1v) is 7.66. The van der Waals surface area contributed by atoms with E-state index >= 15 is 0 Å². The number of pyridine rings is 1. The Balaban J connectivity index is 1.98. The molecule has 1 aromatic heterocycles. The SMILES string of the molecule is O=C(CSc1ccccn1)Nc1c(Cl)cc(Cl)cc1Cl. The Morgan fingerprint density at radius 1 is 1.20 bits per heavy atom. The van der Waals surface area contributed by atoms with Crippen molar-refractivity contribution in [2.45, 2.75) is 5.03 Å². The number of thioether (sulfide) groups is 1. The molecule has 0 aliphatic rings. The molecule has 0 fully saturated rings. The summed E-state index contributed by atoms with van der Waals surface area (Å²) in [6.45, 7) is 0. The topological polar surface area (TPSA) is 42.0 Å². The van der Waals surface area contributed by atoms with Crippen molar-refractivity contribution in [1.29, 1.82) is 0 Å². The molecule has 104 valence electrons. The van der Waals surface area contributed by atoms with Crippen molar-refractivity contribution in [1.82, 2.24) is 4.98 Å². The molecule has 1 aromatic carbocycles. The number of nitrogens with zero attached hydrogens (tertiary/aromatic N) is 1. The van der Waals surface area contributed by atoms with Crippen LogP contribution in [-0.2, 0) is 4.79 Å². The highest BCUT2D eigenvalue weighted by Gasteiger charge is 2.11. The van der Waals surface area contributed by atoms with E-state index < -0.39 is 0 Å². The largest absolute Gasteiger partial charge is 0.323 e. The Hall–Kier alpha value is -0.940. The van der Waals surface area contributed by atoms with Gasteiger partial charge in [-0.25, -0.2) is 4.98 Å². The van der Waals surface area contributed by atoms with Gasteiger partial charge in [0.25, 0.3) is 0 Å². The van der Waals surface area contributed by atoms with Crippen LogP contribution in [0.15, 0.2) is 41.6 Å². The van der Waals surface area contributed by atoms with E-state index in [-0.39, 0.29) is 11.7 Å². The number of hydrogen-bond acceptors (Lipinski definition) is 3. The second kappa shape index (κ2) is 7.18. The normalized spacial score (nSPS) is 10.3. The molecule has 0 bridgehead atoms. The summed E-state index contributed by atoms with van der Waals surface area (Å²) in [4.78, 5) is 16.0. The smallest absolute Gasteiger partial charge is 0.234 e. The lowest BCUT2D eigenvalue weighted by molar-refractivity contribution is -0.113. The average Bonchev–Trinajstić information content (AvgIpc) is 2.42. The van der Waals surface area contributed by atoms with Gasteiger partial charge < -0.3 is 5.32 Å². The van der Waals surface area contributed by atoms with Crippen molar-refractivity contribution in [3.05, 3.63) is 51.6 Å². The molecule has 0 atom stereocenters. The first kappa shape index (κ1) is 15.4. The van der Waals surface area contributed by atoms with Crippen molar-refractivity contribution in [2.75, 3.05) is 11.1 Å². The minimum Gasteiger partial charge on any atom is -0.323 e. The predicted molar refractivity (Wildman–Crippen MR) is 85.1 cm³/mol. The van der Waals surface area contributed by atoms with Gasteiger partial charge in [-0.05, 0) is 24.3 Å². The minimum atomic E-state index is -0.216. The van der Waals surface area contributed by atoms with Crippen molar-refractivity contribution < 1.29 is 4.79 Å². The molecule has 0 saturated carbocycles. The van der Waals surface area contributed by atoms with Crippen LogP contribution in [0.5, 0.6) is 0 Å². The molecule has 0 aliphatic carbocycles. The Bertz CT molecular complexity index is 599. The van der Waals surface area contributed by atoms with Crippen LogP contribution in [0, 0.1) is 0 Å². The highest BCUT2D eigenvalue weighted by molar-refractivity contribution is 7.99. The third-order valence-corrected chi connectivity index (χ3v) is 4.02. The van der Waals surface area contributed by atoms with Gasteiger partial charge in [-0.3, -0.25) is 4.79 Å². The van der Waals surface area contributed by atoms with Crippen molar-refractivity contribution >= 4 is 58.2 Å². The summed E-state index contributed by atoms with van der Waals surface area (Å²) in [6.07, 6.45) is 1.67. The van der Waals surface area contributed by atoms with Crippen LogP contribution in [0.25, 0.3) is 0 Å². The van der Waals surface area contributed by atoms with Crippen LogP contribution in [-0.4, -0.2) is 16.6 Å². The van der Waals surface area contributed by atoms with Gasteiger partial charge in [0, 0.05) is 11.2 Å². The van der Waals surface area contributed by atoms with Gasteiger partial charge in [0.05, 0.1) is 26.5 Å². The maximum absolute atomic E-state index is 11.9. The zero-order valence-corrected chi connectivity index (χ0v) is 13.2. The number of anilines is 1. The quantitative estimate of drug-likeness (QED) is 0.810. The van der Waals surface area contributed by atoms with E-state index in [0.29, 0.717) is 20.8 Å². The van der Waals surface area contributed by atoms with E-state index in [1.165, 1.54) is 23.9 Å². The van der Waals surface area contributed by atoms with Gasteiger partial charge >= 0.3 is 0 Å². The fraction of sp³-hybridized carbons (Fsp3) is 0.0769. The summed E-state index contributed by atoms with van der Waals surface area (Å²) >= 11 is 19.1. The molecule has 0 radical (unpaired) electrons.